The lowest BCUT2D eigenvalue weighted by atomic mass is 9.94. The van der Waals surface area contributed by atoms with Gasteiger partial charge in [-0.3, -0.25) is 4.98 Å². The maximum Gasteiger partial charge on any atom is 0.285 e. The molecule has 2 aromatic rings. The van der Waals surface area contributed by atoms with Crippen molar-refractivity contribution in [3.05, 3.63) is 65.0 Å². The number of benzene rings is 1. The van der Waals surface area contributed by atoms with E-state index in [9.17, 15) is 0 Å². The quantitative estimate of drug-likeness (QED) is 0.943. The largest absolute Gasteiger partial charge is 0.463 e. The van der Waals surface area contributed by atoms with Gasteiger partial charge in [0.2, 0.25) is 0 Å². The van der Waals surface area contributed by atoms with Crippen molar-refractivity contribution in [2.45, 2.75) is 26.3 Å². The summed E-state index contributed by atoms with van der Waals surface area (Å²) in [7, 11) is 0. The molecule has 0 aliphatic carbocycles. The van der Waals surface area contributed by atoms with Gasteiger partial charge in [-0.05, 0) is 54.7 Å². The molecule has 1 aromatic carbocycles. The third-order valence-corrected chi connectivity index (χ3v) is 4.07. The van der Waals surface area contributed by atoms with Crippen LogP contribution in [0.15, 0.2) is 47.7 Å². The molecular weight excluding hydrogens is 274 g/mol. The number of amidine groups is 1. The minimum Gasteiger partial charge on any atom is -0.463 e. The number of hydrogen-bond acceptors (Lipinski definition) is 3. The molecule has 4 nitrogen and oxygen atoms in total. The summed E-state index contributed by atoms with van der Waals surface area (Å²) in [6.45, 7) is 5.81. The summed E-state index contributed by atoms with van der Waals surface area (Å²) in [5.74, 6) is 0. The molecule has 1 aromatic heterocycles. The van der Waals surface area contributed by atoms with Crippen LogP contribution in [0.4, 0.5) is 0 Å². The van der Waals surface area contributed by atoms with Crippen LogP contribution in [0.25, 0.3) is 0 Å². The standard InChI is InChI=1S/C18H21N3O/c1-13-4-3-5-16(14(13)2)17(21-18-20-10-11-22-18)12-15-6-8-19-9-7-15/h3-9,17H,10-12H2,1-2H3,(H,20,21). The van der Waals surface area contributed by atoms with Crippen LogP contribution in [0.2, 0.25) is 0 Å². The first-order valence-electron chi connectivity index (χ1n) is 7.63. The highest BCUT2D eigenvalue weighted by molar-refractivity contribution is 5.75. The van der Waals surface area contributed by atoms with Crippen LogP contribution in [0, 0.1) is 13.8 Å². The van der Waals surface area contributed by atoms with Crippen molar-refractivity contribution in [2.75, 3.05) is 13.2 Å². The lowest BCUT2D eigenvalue weighted by Gasteiger charge is -2.17. The van der Waals surface area contributed by atoms with E-state index in [0.717, 1.165) is 13.0 Å². The van der Waals surface area contributed by atoms with Crippen molar-refractivity contribution in [1.82, 2.24) is 10.3 Å². The first-order chi connectivity index (χ1) is 10.7. The second-order valence-corrected chi connectivity index (χ2v) is 5.57. The second-order valence-electron chi connectivity index (χ2n) is 5.57. The summed E-state index contributed by atoms with van der Waals surface area (Å²) in [6, 6.07) is 11.2. The number of aryl methyl sites for hydroxylation is 1. The fraction of sp³-hybridized carbons (Fsp3) is 0.333. The zero-order valence-electron chi connectivity index (χ0n) is 13.0. The number of hydrogen-bond donors (Lipinski definition) is 1. The molecular formula is C18H21N3O. The van der Waals surface area contributed by atoms with Gasteiger partial charge in [0.15, 0.2) is 0 Å². The fourth-order valence-electron chi connectivity index (χ4n) is 2.68. The average molecular weight is 295 g/mol. The number of nitrogens with one attached hydrogen (secondary N) is 1. The Bertz CT molecular complexity index is 659. The van der Waals surface area contributed by atoms with Crippen LogP contribution in [0.3, 0.4) is 0 Å². The van der Waals surface area contributed by atoms with Crippen LogP contribution in [-0.2, 0) is 11.2 Å². The Morgan fingerprint density at radius 2 is 2.05 bits per heavy atom. The van der Waals surface area contributed by atoms with Crippen molar-refractivity contribution in [1.29, 1.82) is 0 Å². The summed E-state index contributed by atoms with van der Waals surface area (Å²) in [6.07, 6.45) is 4.49. The number of nitrogens with zero attached hydrogens (tertiary/aromatic N) is 2. The van der Waals surface area contributed by atoms with Gasteiger partial charge in [0.1, 0.15) is 6.61 Å². The predicted octanol–water partition coefficient (Wildman–Crippen LogP) is 2.96. The van der Waals surface area contributed by atoms with Crippen molar-refractivity contribution >= 4 is 6.02 Å². The Labute approximate surface area is 131 Å². The normalized spacial score (nSPS) is 17.1. The first kappa shape index (κ1) is 14.6. The molecule has 0 amide bonds. The van der Waals surface area contributed by atoms with E-state index in [1.165, 1.54) is 22.3 Å². The molecule has 1 atom stereocenters. The van der Waals surface area contributed by atoms with Gasteiger partial charge < -0.3 is 10.1 Å². The summed E-state index contributed by atoms with van der Waals surface area (Å²) < 4.78 is 5.54. The Morgan fingerprint density at radius 1 is 1.23 bits per heavy atom. The maximum atomic E-state index is 5.54. The summed E-state index contributed by atoms with van der Waals surface area (Å²) in [5, 5.41) is 3.19. The highest BCUT2D eigenvalue weighted by Crippen LogP contribution is 2.27. The number of aromatic nitrogens is 1. The zero-order valence-corrected chi connectivity index (χ0v) is 13.0. The van der Waals surface area contributed by atoms with Crippen molar-refractivity contribution in [2.24, 2.45) is 4.99 Å². The molecule has 1 fully saturated rings. The molecule has 1 aliphatic heterocycles. The number of aliphatic imine (C=N–C) groups is 1. The molecule has 0 radical (unpaired) electrons. The van der Waals surface area contributed by atoms with E-state index >= 15 is 0 Å². The maximum absolute atomic E-state index is 5.54. The minimum atomic E-state index is 0.0444. The van der Waals surface area contributed by atoms with E-state index in [4.69, 9.17) is 9.73 Å². The molecule has 0 spiro atoms. The molecule has 1 aliphatic rings. The van der Waals surface area contributed by atoms with E-state index in [-0.39, 0.29) is 6.04 Å². The topological polar surface area (TPSA) is 46.5 Å². The third kappa shape index (κ3) is 3.27. The van der Waals surface area contributed by atoms with Crippen LogP contribution >= 0.6 is 0 Å². The van der Waals surface area contributed by atoms with Gasteiger partial charge in [-0.25, -0.2) is 4.99 Å². The minimum absolute atomic E-state index is 0.0444. The van der Waals surface area contributed by atoms with Crippen molar-refractivity contribution in [3.63, 3.8) is 0 Å². The highest BCUT2D eigenvalue weighted by atomic mass is 16.5. The van der Waals surface area contributed by atoms with Gasteiger partial charge in [0.05, 0.1) is 12.6 Å². The molecule has 1 unspecified atom stereocenters. The van der Waals surface area contributed by atoms with Gasteiger partial charge in [0, 0.05) is 12.4 Å². The van der Waals surface area contributed by atoms with Gasteiger partial charge in [-0.2, -0.15) is 0 Å². The van der Waals surface area contributed by atoms with Crippen LogP contribution < -0.4 is 5.32 Å². The Morgan fingerprint density at radius 3 is 2.77 bits per heavy atom. The van der Waals surface area contributed by atoms with E-state index in [1.54, 1.807) is 0 Å². The summed E-state index contributed by atoms with van der Waals surface area (Å²) in [4.78, 5) is 8.89. The molecule has 1 saturated heterocycles. The van der Waals surface area contributed by atoms with Gasteiger partial charge >= 0.3 is 0 Å². The Kier molecular flexibility index (Phi) is 4.37. The number of rotatable bonds is 4. The predicted molar refractivity (Wildman–Crippen MR) is 88.0 cm³/mol. The van der Waals surface area contributed by atoms with E-state index in [2.05, 4.69) is 42.3 Å². The average Bonchev–Trinajstić information content (AvgIpc) is 3.03. The smallest absolute Gasteiger partial charge is 0.285 e. The molecule has 114 valence electrons. The Balaban J connectivity index is 1.95. The zero-order chi connectivity index (χ0) is 15.4. The van der Waals surface area contributed by atoms with Gasteiger partial charge in [0.25, 0.3) is 6.02 Å². The van der Waals surface area contributed by atoms with Gasteiger partial charge in [-0.1, -0.05) is 18.2 Å². The number of pyridine rings is 1. The summed E-state index contributed by atoms with van der Waals surface area (Å²) >= 11 is 0. The molecule has 3 rings (SSSR count). The third-order valence-electron chi connectivity index (χ3n) is 4.07. The van der Waals surface area contributed by atoms with Crippen molar-refractivity contribution < 1.29 is 4.74 Å². The number of ether oxygens (including phenoxy) is 1. The van der Waals surface area contributed by atoms with Crippen LogP contribution in [0.5, 0.6) is 0 Å². The lowest BCUT2D eigenvalue weighted by Crippen LogP contribution is -2.18. The molecule has 1 N–H and O–H groups in total. The summed E-state index contributed by atoms with van der Waals surface area (Å²) in [5.41, 5.74) is 5.06. The first-order valence-corrected chi connectivity index (χ1v) is 7.63. The lowest BCUT2D eigenvalue weighted by molar-refractivity contribution is 0.348. The van der Waals surface area contributed by atoms with Crippen LogP contribution in [-0.4, -0.2) is 24.2 Å². The highest BCUT2D eigenvalue weighted by Gasteiger charge is 2.18. The molecule has 22 heavy (non-hydrogen) atoms. The Hall–Kier alpha value is -2.36. The molecule has 0 bridgehead atoms. The molecule has 0 saturated carbocycles. The molecule has 4 heteroatoms. The monoisotopic (exact) mass is 295 g/mol. The van der Waals surface area contributed by atoms with Gasteiger partial charge in [-0.15, -0.1) is 0 Å². The molecule has 2 heterocycles. The van der Waals surface area contributed by atoms with Crippen molar-refractivity contribution in [3.8, 4) is 0 Å². The fourth-order valence-corrected chi connectivity index (χ4v) is 2.68. The van der Waals surface area contributed by atoms with E-state index < -0.39 is 0 Å². The van der Waals surface area contributed by atoms with Crippen LogP contribution in [0.1, 0.15) is 28.3 Å². The SMILES string of the molecule is Cc1cccc(C(Cc2ccncc2)/N=C2/NCCO2)c1C. The van der Waals surface area contributed by atoms with E-state index in [1.807, 2.05) is 24.5 Å². The second kappa shape index (κ2) is 6.60. The van der Waals surface area contributed by atoms with E-state index in [0.29, 0.717) is 12.6 Å².